The zero-order valence-corrected chi connectivity index (χ0v) is 11.9. The number of aromatic nitrogens is 1. The number of halogens is 1. The summed E-state index contributed by atoms with van der Waals surface area (Å²) < 4.78 is 24.6. The molecule has 1 aromatic heterocycles. The molecule has 0 fully saturated rings. The molecule has 2 aromatic rings. The summed E-state index contributed by atoms with van der Waals surface area (Å²) in [5, 5.41) is 10.7. The Morgan fingerprint density at radius 1 is 1.25 bits per heavy atom. The van der Waals surface area contributed by atoms with Gasteiger partial charge >= 0.3 is 0 Å². The lowest BCUT2D eigenvalue weighted by Gasteiger charge is -2.05. The molecule has 0 aliphatic carbocycles. The average Bonchev–Trinajstić information content (AvgIpc) is 2.41. The Hall–Kier alpha value is -1.99. The van der Waals surface area contributed by atoms with Gasteiger partial charge < -0.3 is 0 Å². The van der Waals surface area contributed by atoms with Crippen LogP contribution in [-0.4, -0.2) is 18.3 Å². The zero-order valence-electron chi connectivity index (χ0n) is 10.3. The summed E-state index contributed by atoms with van der Waals surface area (Å²) in [6.45, 7) is 1.69. The minimum absolute atomic E-state index is 0.0424. The van der Waals surface area contributed by atoms with Gasteiger partial charge in [0.15, 0.2) is 5.03 Å². The van der Waals surface area contributed by atoms with E-state index in [9.17, 15) is 18.5 Å². The largest absolute Gasteiger partial charge is 0.287 e. The van der Waals surface area contributed by atoms with Crippen LogP contribution in [-0.2, 0) is 9.84 Å². The lowest BCUT2D eigenvalue weighted by molar-refractivity contribution is -0.385. The lowest BCUT2D eigenvalue weighted by atomic mass is 10.2. The molecule has 0 aliphatic rings. The van der Waals surface area contributed by atoms with E-state index in [2.05, 4.69) is 4.98 Å². The third kappa shape index (κ3) is 2.63. The van der Waals surface area contributed by atoms with Crippen LogP contribution < -0.4 is 0 Å². The van der Waals surface area contributed by atoms with Crippen molar-refractivity contribution in [1.29, 1.82) is 0 Å². The van der Waals surface area contributed by atoms with Gasteiger partial charge in [-0.15, -0.1) is 0 Å². The molecule has 1 aromatic carbocycles. The predicted molar refractivity (Wildman–Crippen MR) is 72.5 cm³/mol. The molecule has 0 radical (unpaired) electrons. The number of aryl methyl sites for hydroxylation is 1. The summed E-state index contributed by atoms with van der Waals surface area (Å²) in [5.74, 6) is 0. The van der Waals surface area contributed by atoms with Crippen molar-refractivity contribution in [1.82, 2.24) is 4.98 Å². The van der Waals surface area contributed by atoms with Gasteiger partial charge in [0, 0.05) is 11.1 Å². The number of nitrogens with zero attached hydrogens (tertiary/aromatic N) is 2. The Bertz CT molecular complexity index is 773. The van der Waals surface area contributed by atoms with Gasteiger partial charge in [0.05, 0.1) is 9.82 Å². The second-order valence-electron chi connectivity index (χ2n) is 4.03. The monoisotopic (exact) mass is 312 g/mol. The van der Waals surface area contributed by atoms with E-state index < -0.39 is 14.8 Å². The highest BCUT2D eigenvalue weighted by Gasteiger charge is 2.21. The number of rotatable bonds is 3. The molecule has 0 bridgehead atoms. The molecule has 6 nitrogen and oxygen atoms in total. The van der Waals surface area contributed by atoms with Crippen molar-refractivity contribution in [3.8, 4) is 0 Å². The van der Waals surface area contributed by atoms with Crippen molar-refractivity contribution in [2.45, 2.75) is 16.8 Å². The topological polar surface area (TPSA) is 90.2 Å². The van der Waals surface area contributed by atoms with Crippen LogP contribution >= 0.6 is 11.6 Å². The molecule has 0 saturated heterocycles. The van der Waals surface area contributed by atoms with Crippen LogP contribution in [0.15, 0.2) is 46.5 Å². The van der Waals surface area contributed by atoms with E-state index >= 15 is 0 Å². The summed E-state index contributed by atoms with van der Waals surface area (Å²) in [5.41, 5.74) is 0.353. The minimum atomic E-state index is -3.81. The molecule has 0 atom stereocenters. The highest BCUT2D eigenvalue weighted by atomic mass is 35.5. The Labute approximate surface area is 120 Å². The molecular formula is C12H9ClN2O4S. The SMILES string of the molecule is Cc1cc(S(=O)(=O)c2ccc([N+](=O)[O-])cn2)ccc1Cl. The Kier molecular flexibility index (Phi) is 3.74. The van der Waals surface area contributed by atoms with Crippen molar-refractivity contribution in [3.05, 3.63) is 57.2 Å². The van der Waals surface area contributed by atoms with Gasteiger partial charge in [-0.25, -0.2) is 13.4 Å². The summed E-state index contributed by atoms with van der Waals surface area (Å²) in [7, 11) is -3.81. The molecule has 1 heterocycles. The van der Waals surface area contributed by atoms with Crippen molar-refractivity contribution < 1.29 is 13.3 Å². The van der Waals surface area contributed by atoms with Gasteiger partial charge in [-0.1, -0.05) is 11.6 Å². The standard InChI is InChI=1S/C12H9ClN2O4S/c1-8-6-10(3-4-11(8)13)20(18,19)12-5-2-9(7-14-12)15(16)17/h2-7H,1H3. The van der Waals surface area contributed by atoms with Gasteiger partial charge in [0.25, 0.3) is 5.69 Å². The first-order valence-corrected chi connectivity index (χ1v) is 7.30. The first-order chi connectivity index (χ1) is 9.32. The van der Waals surface area contributed by atoms with E-state index in [-0.39, 0.29) is 15.6 Å². The molecule has 0 amide bonds. The quantitative estimate of drug-likeness (QED) is 0.642. The molecule has 0 N–H and O–H groups in total. The molecule has 0 saturated carbocycles. The first-order valence-electron chi connectivity index (χ1n) is 5.44. The molecule has 0 unspecified atom stereocenters. The van der Waals surface area contributed by atoms with Gasteiger partial charge in [0.2, 0.25) is 9.84 Å². The Morgan fingerprint density at radius 2 is 1.95 bits per heavy atom. The van der Waals surface area contributed by atoms with E-state index in [0.717, 1.165) is 18.3 Å². The maximum atomic E-state index is 12.3. The van der Waals surface area contributed by atoms with Crippen LogP contribution in [0.5, 0.6) is 0 Å². The fourth-order valence-electron chi connectivity index (χ4n) is 1.54. The van der Waals surface area contributed by atoms with E-state index in [1.165, 1.54) is 18.2 Å². The Morgan fingerprint density at radius 3 is 2.45 bits per heavy atom. The molecular weight excluding hydrogens is 304 g/mol. The second-order valence-corrected chi connectivity index (χ2v) is 6.33. The normalized spacial score (nSPS) is 11.3. The van der Waals surface area contributed by atoms with Crippen molar-refractivity contribution in [3.63, 3.8) is 0 Å². The van der Waals surface area contributed by atoms with Crippen LogP contribution in [0, 0.1) is 17.0 Å². The maximum absolute atomic E-state index is 12.3. The number of sulfone groups is 1. The molecule has 0 spiro atoms. The highest BCUT2D eigenvalue weighted by Crippen LogP contribution is 2.24. The molecule has 8 heteroatoms. The summed E-state index contributed by atoms with van der Waals surface area (Å²) >= 11 is 5.85. The van der Waals surface area contributed by atoms with Gasteiger partial charge in [-0.05, 0) is 36.8 Å². The maximum Gasteiger partial charge on any atom is 0.287 e. The van der Waals surface area contributed by atoms with Gasteiger partial charge in [-0.3, -0.25) is 10.1 Å². The van der Waals surface area contributed by atoms with Gasteiger partial charge in [0.1, 0.15) is 6.20 Å². The smallest absolute Gasteiger partial charge is 0.258 e. The molecule has 104 valence electrons. The molecule has 0 aliphatic heterocycles. The van der Waals surface area contributed by atoms with Crippen molar-refractivity contribution in [2.75, 3.05) is 0 Å². The third-order valence-electron chi connectivity index (χ3n) is 2.65. The fraction of sp³-hybridized carbons (Fsp3) is 0.0833. The minimum Gasteiger partial charge on any atom is -0.258 e. The van der Waals surface area contributed by atoms with Gasteiger partial charge in [-0.2, -0.15) is 0 Å². The first kappa shape index (κ1) is 14.4. The molecule has 2 rings (SSSR count). The number of hydrogen-bond acceptors (Lipinski definition) is 5. The Balaban J connectivity index is 2.49. The summed E-state index contributed by atoms with van der Waals surface area (Å²) in [6, 6.07) is 6.49. The second kappa shape index (κ2) is 5.18. The van der Waals surface area contributed by atoms with Crippen LogP contribution in [0.4, 0.5) is 5.69 Å². The highest BCUT2D eigenvalue weighted by molar-refractivity contribution is 7.91. The van der Waals surface area contributed by atoms with Crippen LogP contribution in [0.1, 0.15) is 5.56 Å². The number of hydrogen-bond donors (Lipinski definition) is 0. The van der Waals surface area contributed by atoms with Crippen LogP contribution in [0.3, 0.4) is 0 Å². The number of benzene rings is 1. The van der Waals surface area contributed by atoms with E-state index in [0.29, 0.717) is 10.6 Å². The molecule has 20 heavy (non-hydrogen) atoms. The lowest BCUT2D eigenvalue weighted by Crippen LogP contribution is -2.05. The van der Waals surface area contributed by atoms with Crippen molar-refractivity contribution >= 4 is 27.1 Å². The van der Waals surface area contributed by atoms with Crippen LogP contribution in [0.2, 0.25) is 5.02 Å². The average molecular weight is 313 g/mol. The van der Waals surface area contributed by atoms with Crippen LogP contribution in [0.25, 0.3) is 0 Å². The number of pyridine rings is 1. The third-order valence-corrected chi connectivity index (χ3v) is 4.74. The van der Waals surface area contributed by atoms with E-state index in [1.807, 2.05) is 0 Å². The summed E-state index contributed by atoms with van der Waals surface area (Å²) in [4.78, 5) is 13.6. The van der Waals surface area contributed by atoms with Crippen molar-refractivity contribution in [2.24, 2.45) is 0 Å². The van der Waals surface area contributed by atoms with E-state index in [4.69, 9.17) is 11.6 Å². The predicted octanol–water partition coefficient (Wildman–Crippen LogP) is 2.78. The summed E-state index contributed by atoms with van der Waals surface area (Å²) in [6.07, 6.45) is 0.912. The fourth-order valence-corrected chi connectivity index (χ4v) is 2.92. The zero-order chi connectivity index (χ0) is 14.9. The number of nitro groups is 1. The van der Waals surface area contributed by atoms with E-state index in [1.54, 1.807) is 6.92 Å².